The summed E-state index contributed by atoms with van der Waals surface area (Å²) >= 11 is 0. The lowest BCUT2D eigenvalue weighted by Crippen LogP contribution is -2.21. The Bertz CT molecular complexity index is 670. The summed E-state index contributed by atoms with van der Waals surface area (Å²) in [6.45, 7) is 0. The molecule has 0 aromatic heterocycles. The quantitative estimate of drug-likeness (QED) is 0.878. The maximum atomic E-state index is 12.1. The first-order valence-electron chi connectivity index (χ1n) is 6.53. The molecule has 1 aliphatic carbocycles. The fourth-order valence-electron chi connectivity index (χ4n) is 2.50. The number of nitriles is 2. The second kappa shape index (κ2) is 6.06. The third-order valence-electron chi connectivity index (χ3n) is 3.68. The van der Waals surface area contributed by atoms with Crippen LogP contribution in [0.15, 0.2) is 18.2 Å². The Morgan fingerprint density at radius 3 is 2.38 bits per heavy atom. The summed E-state index contributed by atoms with van der Waals surface area (Å²) in [6.07, 6.45) is 1.39. The van der Waals surface area contributed by atoms with Crippen LogP contribution in [0, 0.1) is 34.5 Å². The number of carbonyl (C=O) groups is 2. The Morgan fingerprint density at radius 2 is 1.81 bits per heavy atom. The molecule has 2 atom stereocenters. The molecule has 1 aromatic rings. The first-order chi connectivity index (χ1) is 10.0. The molecule has 1 aliphatic rings. The second-order valence-electron chi connectivity index (χ2n) is 5.02. The molecule has 0 saturated heterocycles. The molecule has 2 N–H and O–H groups in total. The van der Waals surface area contributed by atoms with E-state index in [1.54, 1.807) is 6.07 Å². The number of benzene rings is 1. The molecule has 1 fully saturated rings. The molecular weight excluding hydrogens is 270 g/mol. The fraction of sp³-hybridized carbons (Fsp3) is 0.333. The van der Waals surface area contributed by atoms with Crippen molar-refractivity contribution in [1.82, 2.24) is 0 Å². The minimum absolute atomic E-state index is 0.199. The number of aliphatic carboxylic acids is 1. The van der Waals surface area contributed by atoms with Crippen molar-refractivity contribution in [2.24, 2.45) is 11.8 Å². The molecule has 1 amide bonds. The first-order valence-corrected chi connectivity index (χ1v) is 6.53. The van der Waals surface area contributed by atoms with Crippen LogP contribution in [0.5, 0.6) is 0 Å². The van der Waals surface area contributed by atoms with E-state index in [1.165, 1.54) is 12.1 Å². The van der Waals surface area contributed by atoms with Gasteiger partial charge in [0.25, 0.3) is 0 Å². The first kappa shape index (κ1) is 14.5. The van der Waals surface area contributed by atoms with Crippen molar-refractivity contribution in [1.29, 1.82) is 10.5 Å². The van der Waals surface area contributed by atoms with Gasteiger partial charge in [0, 0.05) is 11.6 Å². The third kappa shape index (κ3) is 3.18. The van der Waals surface area contributed by atoms with Crippen LogP contribution in [0.2, 0.25) is 0 Å². The summed E-state index contributed by atoms with van der Waals surface area (Å²) in [5.74, 6) is -1.90. The lowest BCUT2D eigenvalue weighted by atomic mass is 10.0. The van der Waals surface area contributed by atoms with E-state index in [0.29, 0.717) is 24.9 Å². The van der Waals surface area contributed by atoms with Gasteiger partial charge in [0.1, 0.15) is 12.1 Å². The topological polar surface area (TPSA) is 114 Å². The van der Waals surface area contributed by atoms with Gasteiger partial charge in [-0.15, -0.1) is 0 Å². The number of rotatable bonds is 3. The molecule has 6 heteroatoms. The van der Waals surface area contributed by atoms with Gasteiger partial charge in [-0.05, 0) is 37.5 Å². The van der Waals surface area contributed by atoms with Crippen LogP contribution in [0.4, 0.5) is 5.69 Å². The molecular formula is C15H13N3O3. The average Bonchev–Trinajstić information content (AvgIpc) is 2.97. The lowest BCUT2D eigenvalue weighted by molar-refractivity contribution is -0.141. The normalized spacial score (nSPS) is 20.3. The average molecular weight is 283 g/mol. The summed E-state index contributed by atoms with van der Waals surface area (Å²) < 4.78 is 0. The molecule has 0 heterocycles. The Balaban J connectivity index is 2.06. The molecule has 0 aliphatic heterocycles. The maximum Gasteiger partial charge on any atom is 0.306 e. The van der Waals surface area contributed by atoms with E-state index in [4.69, 9.17) is 15.6 Å². The van der Waals surface area contributed by atoms with Crippen LogP contribution in [0.3, 0.4) is 0 Å². The number of carboxylic acids is 1. The molecule has 6 nitrogen and oxygen atoms in total. The van der Waals surface area contributed by atoms with E-state index in [1.807, 2.05) is 12.1 Å². The van der Waals surface area contributed by atoms with Crippen molar-refractivity contribution in [2.45, 2.75) is 19.3 Å². The largest absolute Gasteiger partial charge is 0.481 e. The van der Waals surface area contributed by atoms with E-state index in [-0.39, 0.29) is 23.0 Å². The number of nitrogens with zero attached hydrogens (tertiary/aromatic N) is 2. The summed E-state index contributed by atoms with van der Waals surface area (Å²) in [5, 5.41) is 29.4. The van der Waals surface area contributed by atoms with Gasteiger partial charge in [-0.25, -0.2) is 0 Å². The van der Waals surface area contributed by atoms with Crippen LogP contribution in [-0.2, 0) is 9.59 Å². The Morgan fingerprint density at radius 1 is 1.14 bits per heavy atom. The van der Waals surface area contributed by atoms with E-state index >= 15 is 0 Å². The Hall–Kier alpha value is -2.86. The maximum absolute atomic E-state index is 12.1. The minimum Gasteiger partial charge on any atom is -0.481 e. The predicted molar refractivity (Wildman–Crippen MR) is 73.0 cm³/mol. The molecule has 0 radical (unpaired) electrons. The van der Waals surface area contributed by atoms with Crippen molar-refractivity contribution in [3.63, 3.8) is 0 Å². The highest BCUT2D eigenvalue weighted by Crippen LogP contribution is 2.32. The lowest BCUT2D eigenvalue weighted by Gasteiger charge is -2.11. The van der Waals surface area contributed by atoms with Crippen molar-refractivity contribution in [3.05, 3.63) is 29.3 Å². The van der Waals surface area contributed by atoms with Crippen LogP contribution >= 0.6 is 0 Å². The molecule has 0 bridgehead atoms. The number of amides is 1. The zero-order chi connectivity index (χ0) is 15.4. The van der Waals surface area contributed by atoms with E-state index in [0.717, 1.165) is 0 Å². The van der Waals surface area contributed by atoms with E-state index in [2.05, 4.69) is 5.32 Å². The van der Waals surface area contributed by atoms with Crippen molar-refractivity contribution in [3.8, 4) is 12.1 Å². The number of nitrogens with one attached hydrogen (secondary N) is 1. The highest BCUT2D eigenvalue weighted by Gasteiger charge is 2.33. The van der Waals surface area contributed by atoms with Gasteiger partial charge in [-0.1, -0.05) is 0 Å². The Kier molecular flexibility index (Phi) is 4.20. The smallest absolute Gasteiger partial charge is 0.306 e. The van der Waals surface area contributed by atoms with Crippen molar-refractivity contribution >= 4 is 17.6 Å². The molecule has 0 spiro atoms. The number of hydrogen-bond donors (Lipinski definition) is 2. The third-order valence-corrected chi connectivity index (χ3v) is 3.68. The van der Waals surface area contributed by atoms with Gasteiger partial charge in [0.2, 0.25) is 5.91 Å². The molecule has 106 valence electrons. The number of anilines is 1. The van der Waals surface area contributed by atoms with Gasteiger partial charge in [-0.3, -0.25) is 9.59 Å². The summed E-state index contributed by atoms with van der Waals surface area (Å²) in [7, 11) is 0. The number of hydrogen-bond acceptors (Lipinski definition) is 4. The van der Waals surface area contributed by atoms with Gasteiger partial charge in [0.15, 0.2) is 0 Å². The molecule has 2 unspecified atom stereocenters. The SMILES string of the molecule is N#Cc1ccc(NC(=O)C2CCC(C(=O)O)C2)cc1C#N. The van der Waals surface area contributed by atoms with Gasteiger partial charge in [0.05, 0.1) is 17.0 Å². The fourth-order valence-corrected chi connectivity index (χ4v) is 2.50. The highest BCUT2D eigenvalue weighted by atomic mass is 16.4. The van der Waals surface area contributed by atoms with Crippen LogP contribution in [0.1, 0.15) is 30.4 Å². The Labute approximate surface area is 121 Å². The van der Waals surface area contributed by atoms with Gasteiger partial charge in [-0.2, -0.15) is 10.5 Å². The van der Waals surface area contributed by atoms with Crippen LogP contribution in [0.25, 0.3) is 0 Å². The predicted octanol–water partition coefficient (Wildman–Crippen LogP) is 1.87. The van der Waals surface area contributed by atoms with Gasteiger partial charge < -0.3 is 10.4 Å². The number of carboxylic acid groups (broad SMARTS) is 1. The van der Waals surface area contributed by atoms with Crippen LogP contribution in [-0.4, -0.2) is 17.0 Å². The van der Waals surface area contributed by atoms with Crippen molar-refractivity contribution in [2.75, 3.05) is 5.32 Å². The highest BCUT2D eigenvalue weighted by molar-refractivity contribution is 5.93. The summed E-state index contributed by atoms with van der Waals surface area (Å²) in [4.78, 5) is 23.0. The number of carbonyl (C=O) groups excluding carboxylic acids is 1. The monoisotopic (exact) mass is 283 g/mol. The zero-order valence-corrected chi connectivity index (χ0v) is 11.2. The molecule has 1 saturated carbocycles. The summed E-state index contributed by atoms with van der Waals surface area (Å²) in [6, 6.07) is 8.28. The van der Waals surface area contributed by atoms with Crippen LogP contribution < -0.4 is 5.32 Å². The van der Waals surface area contributed by atoms with E-state index in [9.17, 15) is 9.59 Å². The molecule has 21 heavy (non-hydrogen) atoms. The second-order valence-corrected chi connectivity index (χ2v) is 5.02. The standard InChI is InChI=1S/C15H13N3O3/c16-7-11-3-4-13(6-12(11)8-17)18-14(19)9-1-2-10(5-9)15(20)21/h3-4,6,9-10H,1-2,5H2,(H,18,19)(H,20,21). The zero-order valence-electron chi connectivity index (χ0n) is 11.2. The molecule has 1 aromatic carbocycles. The minimum atomic E-state index is -0.865. The summed E-state index contributed by atoms with van der Waals surface area (Å²) in [5.41, 5.74) is 0.891. The van der Waals surface area contributed by atoms with E-state index < -0.39 is 11.9 Å². The van der Waals surface area contributed by atoms with Gasteiger partial charge >= 0.3 is 5.97 Å². The van der Waals surface area contributed by atoms with Crippen molar-refractivity contribution < 1.29 is 14.7 Å². The molecule has 2 rings (SSSR count).